The first kappa shape index (κ1) is 22.9. The van der Waals surface area contributed by atoms with Crippen molar-refractivity contribution in [3.05, 3.63) is 52.0 Å². The molecule has 0 saturated heterocycles. The van der Waals surface area contributed by atoms with Crippen LogP contribution in [-0.2, 0) is 24.2 Å². The second-order valence-corrected chi connectivity index (χ2v) is 7.50. The highest BCUT2D eigenvalue weighted by molar-refractivity contribution is 7.09. The normalized spacial score (nSPS) is 18.7. The van der Waals surface area contributed by atoms with E-state index in [0.717, 1.165) is 42.8 Å². The van der Waals surface area contributed by atoms with E-state index in [9.17, 15) is 4.79 Å². The zero-order chi connectivity index (χ0) is 16.8. The number of thiazole rings is 1. The van der Waals surface area contributed by atoms with Gasteiger partial charge in [0.25, 0.3) is 0 Å². The molecule has 4 nitrogen and oxygen atoms in total. The van der Waals surface area contributed by atoms with Crippen molar-refractivity contribution in [1.82, 2.24) is 10.3 Å². The Morgan fingerprint density at radius 3 is 2.65 bits per heavy atom. The van der Waals surface area contributed by atoms with E-state index in [1.807, 2.05) is 11.4 Å². The molecule has 26 heavy (non-hydrogen) atoms. The predicted molar refractivity (Wildman–Crippen MR) is 112 cm³/mol. The van der Waals surface area contributed by atoms with E-state index in [0.29, 0.717) is 18.9 Å². The van der Waals surface area contributed by atoms with Crippen molar-refractivity contribution < 1.29 is 4.79 Å². The Balaban J connectivity index is 0.00000169. The van der Waals surface area contributed by atoms with Crippen molar-refractivity contribution in [2.45, 2.75) is 51.1 Å². The number of carbonyl (C=O) groups is 1. The van der Waals surface area contributed by atoms with Gasteiger partial charge in [-0.15, -0.1) is 36.2 Å². The molecular formula is C19H27Cl2N3OS. The summed E-state index contributed by atoms with van der Waals surface area (Å²) in [6, 6.07) is 10.6. The number of amides is 1. The number of hydrogen-bond donors (Lipinski definition) is 2. The fraction of sp³-hybridized carbons (Fsp3) is 0.474. The van der Waals surface area contributed by atoms with E-state index in [1.165, 1.54) is 5.56 Å². The molecule has 144 valence electrons. The monoisotopic (exact) mass is 415 g/mol. The van der Waals surface area contributed by atoms with Gasteiger partial charge >= 0.3 is 0 Å². The van der Waals surface area contributed by atoms with Crippen molar-refractivity contribution in [2.24, 2.45) is 11.7 Å². The summed E-state index contributed by atoms with van der Waals surface area (Å²) in [5, 5.41) is 6.15. The maximum absolute atomic E-state index is 12.0. The fourth-order valence-corrected chi connectivity index (χ4v) is 4.06. The van der Waals surface area contributed by atoms with Crippen LogP contribution in [0.3, 0.4) is 0 Å². The summed E-state index contributed by atoms with van der Waals surface area (Å²) in [4.78, 5) is 16.7. The van der Waals surface area contributed by atoms with Gasteiger partial charge < -0.3 is 11.1 Å². The lowest BCUT2D eigenvalue weighted by Crippen LogP contribution is -2.31. The molecular weight excluding hydrogens is 389 g/mol. The molecule has 0 radical (unpaired) electrons. The van der Waals surface area contributed by atoms with Crippen LogP contribution in [0.2, 0.25) is 0 Å². The van der Waals surface area contributed by atoms with E-state index in [1.54, 1.807) is 11.3 Å². The molecule has 3 rings (SSSR count). The van der Waals surface area contributed by atoms with Gasteiger partial charge in [-0.25, -0.2) is 4.98 Å². The lowest BCUT2D eigenvalue weighted by atomic mass is 10.00. The van der Waals surface area contributed by atoms with Crippen LogP contribution in [0.5, 0.6) is 0 Å². The topological polar surface area (TPSA) is 68.0 Å². The summed E-state index contributed by atoms with van der Waals surface area (Å²) in [6.45, 7) is 0.516. The molecule has 1 aliphatic carbocycles. The minimum Gasteiger partial charge on any atom is -0.350 e. The van der Waals surface area contributed by atoms with E-state index in [2.05, 4.69) is 34.6 Å². The Kier molecular flexibility index (Phi) is 10.2. The van der Waals surface area contributed by atoms with Crippen LogP contribution in [0.15, 0.2) is 35.7 Å². The van der Waals surface area contributed by atoms with E-state index in [4.69, 9.17) is 5.73 Å². The zero-order valence-corrected chi connectivity index (χ0v) is 17.2. The van der Waals surface area contributed by atoms with Gasteiger partial charge in [0.05, 0.1) is 17.2 Å². The molecule has 1 fully saturated rings. The van der Waals surface area contributed by atoms with Gasteiger partial charge in [0.1, 0.15) is 0 Å². The Labute approximate surface area is 171 Å². The van der Waals surface area contributed by atoms with Gasteiger partial charge in [0, 0.05) is 24.3 Å². The zero-order valence-electron chi connectivity index (χ0n) is 14.7. The van der Waals surface area contributed by atoms with Gasteiger partial charge in [-0.2, -0.15) is 0 Å². The summed E-state index contributed by atoms with van der Waals surface area (Å²) in [5.74, 6) is 0.443. The average Bonchev–Trinajstić information content (AvgIpc) is 3.21. The summed E-state index contributed by atoms with van der Waals surface area (Å²) in [7, 11) is 0. The molecule has 2 atom stereocenters. The number of benzene rings is 1. The van der Waals surface area contributed by atoms with Crippen molar-refractivity contribution in [1.29, 1.82) is 0 Å². The van der Waals surface area contributed by atoms with Gasteiger partial charge in [-0.3, -0.25) is 4.79 Å². The number of carbonyl (C=O) groups excluding carboxylic acids is 1. The lowest BCUT2D eigenvalue weighted by Gasteiger charge is -2.14. The average molecular weight is 416 g/mol. The summed E-state index contributed by atoms with van der Waals surface area (Å²) < 4.78 is 0. The first-order chi connectivity index (χ1) is 11.7. The highest BCUT2D eigenvalue weighted by Gasteiger charge is 2.25. The molecule has 0 bridgehead atoms. The van der Waals surface area contributed by atoms with Crippen molar-refractivity contribution in [3.8, 4) is 0 Å². The molecule has 1 aliphatic rings. The number of nitrogens with zero attached hydrogens (tertiary/aromatic N) is 1. The third-order valence-corrected chi connectivity index (χ3v) is 5.66. The Morgan fingerprint density at radius 2 is 1.96 bits per heavy atom. The van der Waals surface area contributed by atoms with Crippen LogP contribution in [0.1, 0.15) is 41.9 Å². The highest BCUT2D eigenvalue weighted by atomic mass is 35.5. The maximum atomic E-state index is 12.0. The standard InChI is InChI=1S/C19H25N3OS.2ClH/c20-17-8-4-7-15(17)11-18(23)21-12-16-13-24-19(22-16)10-9-14-5-2-1-3-6-14;;/h1-3,5-6,13,15,17H,4,7-12,20H2,(H,21,23);2*1H/t15-,17+;;/m0../s1. The lowest BCUT2D eigenvalue weighted by molar-refractivity contribution is -0.122. The van der Waals surface area contributed by atoms with Gasteiger partial charge in [-0.05, 0) is 30.7 Å². The second kappa shape index (κ2) is 11.5. The Hall–Kier alpha value is -1.14. The number of hydrogen-bond acceptors (Lipinski definition) is 4. The highest BCUT2D eigenvalue weighted by Crippen LogP contribution is 2.26. The number of aryl methyl sites for hydroxylation is 2. The number of halogens is 2. The maximum Gasteiger partial charge on any atom is 0.220 e. The molecule has 2 aromatic rings. The molecule has 7 heteroatoms. The molecule has 0 spiro atoms. The van der Waals surface area contributed by atoms with Crippen molar-refractivity contribution in [3.63, 3.8) is 0 Å². The minimum absolute atomic E-state index is 0. The van der Waals surface area contributed by atoms with Gasteiger partial charge in [0.15, 0.2) is 0 Å². The smallest absolute Gasteiger partial charge is 0.220 e. The molecule has 1 aromatic carbocycles. The van der Waals surface area contributed by atoms with Crippen LogP contribution in [0.4, 0.5) is 0 Å². The molecule has 1 aromatic heterocycles. The number of aromatic nitrogens is 1. The van der Waals surface area contributed by atoms with Crippen LogP contribution >= 0.6 is 36.2 Å². The summed E-state index contributed by atoms with van der Waals surface area (Å²) in [5.41, 5.74) is 8.31. The molecule has 0 unspecified atom stereocenters. The molecule has 1 amide bonds. The van der Waals surface area contributed by atoms with Gasteiger partial charge in [-0.1, -0.05) is 36.8 Å². The van der Waals surface area contributed by atoms with Crippen LogP contribution in [0.25, 0.3) is 0 Å². The van der Waals surface area contributed by atoms with Crippen LogP contribution in [0, 0.1) is 5.92 Å². The summed E-state index contributed by atoms with van der Waals surface area (Å²) in [6.07, 6.45) is 5.77. The quantitative estimate of drug-likeness (QED) is 0.719. The largest absolute Gasteiger partial charge is 0.350 e. The van der Waals surface area contributed by atoms with E-state index in [-0.39, 0.29) is 36.8 Å². The molecule has 3 N–H and O–H groups in total. The molecule has 0 aliphatic heterocycles. The number of nitrogens with two attached hydrogens (primary N) is 1. The number of rotatable bonds is 7. The summed E-state index contributed by atoms with van der Waals surface area (Å²) >= 11 is 1.67. The van der Waals surface area contributed by atoms with E-state index < -0.39 is 0 Å². The SMILES string of the molecule is Cl.Cl.N[C@@H]1CCC[C@H]1CC(=O)NCc1csc(CCc2ccccc2)n1. The Morgan fingerprint density at radius 1 is 1.19 bits per heavy atom. The van der Waals surface area contributed by atoms with Crippen LogP contribution < -0.4 is 11.1 Å². The van der Waals surface area contributed by atoms with Gasteiger partial charge in [0.2, 0.25) is 5.91 Å². The first-order valence-electron chi connectivity index (χ1n) is 8.70. The predicted octanol–water partition coefficient (Wildman–Crippen LogP) is 3.91. The van der Waals surface area contributed by atoms with Crippen molar-refractivity contribution in [2.75, 3.05) is 0 Å². The molecule has 1 heterocycles. The number of nitrogens with one attached hydrogen (secondary N) is 1. The molecule has 1 saturated carbocycles. The van der Waals surface area contributed by atoms with Crippen molar-refractivity contribution >= 4 is 42.1 Å². The minimum atomic E-state index is 0. The second-order valence-electron chi connectivity index (χ2n) is 6.55. The Bertz CT molecular complexity index is 666. The third kappa shape index (κ3) is 6.88. The van der Waals surface area contributed by atoms with E-state index >= 15 is 0 Å². The first-order valence-corrected chi connectivity index (χ1v) is 9.58. The third-order valence-electron chi connectivity index (χ3n) is 4.70. The van der Waals surface area contributed by atoms with Crippen LogP contribution in [-0.4, -0.2) is 16.9 Å². The fourth-order valence-electron chi connectivity index (χ4n) is 3.26.